The molecule has 1 aromatic carbocycles. The van der Waals surface area contributed by atoms with E-state index in [0.29, 0.717) is 4.47 Å². The molecule has 0 aliphatic heterocycles. The van der Waals surface area contributed by atoms with Crippen molar-refractivity contribution < 1.29 is 23.0 Å². The van der Waals surface area contributed by atoms with Crippen molar-refractivity contribution in [1.29, 1.82) is 0 Å². The Morgan fingerprint density at radius 1 is 1.43 bits per heavy atom. The van der Waals surface area contributed by atoms with Crippen molar-refractivity contribution in [2.45, 2.75) is 11.0 Å². The van der Waals surface area contributed by atoms with Gasteiger partial charge in [0.1, 0.15) is 10.6 Å². The lowest BCUT2D eigenvalue weighted by molar-refractivity contribution is 0.0554. The predicted molar refractivity (Wildman–Crippen MR) is 82.8 cm³/mol. The van der Waals surface area contributed by atoms with Crippen LogP contribution in [0.4, 0.5) is 5.69 Å². The Balaban J connectivity index is 3.15. The molecular formula is C12H19BrN2O5S. The number of hydrogen-bond acceptors (Lipinski definition) is 6. The number of benzene rings is 1. The Labute approximate surface area is 132 Å². The number of likely N-dealkylation sites (N-methyl/N-ethyl adjacent to an activating group) is 1. The number of nitrogens with two attached hydrogens (primary N) is 1. The summed E-state index contributed by atoms with van der Waals surface area (Å²) in [5, 5.41) is 9.66. The third-order valence-corrected chi connectivity index (χ3v) is 5.33. The third kappa shape index (κ3) is 4.30. The van der Waals surface area contributed by atoms with E-state index >= 15 is 0 Å². The number of anilines is 1. The van der Waals surface area contributed by atoms with Crippen molar-refractivity contribution in [1.82, 2.24) is 4.31 Å². The molecule has 21 heavy (non-hydrogen) atoms. The molecule has 0 aliphatic rings. The van der Waals surface area contributed by atoms with Crippen molar-refractivity contribution in [3.63, 3.8) is 0 Å². The minimum atomic E-state index is -3.84. The maximum Gasteiger partial charge on any atom is 0.246 e. The maximum absolute atomic E-state index is 12.5. The molecule has 0 saturated heterocycles. The van der Waals surface area contributed by atoms with Crippen LogP contribution in [-0.4, -0.2) is 58.4 Å². The van der Waals surface area contributed by atoms with Crippen molar-refractivity contribution in [3.8, 4) is 5.75 Å². The third-order valence-electron chi connectivity index (χ3n) is 2.80. The highest BCUT2D eigenvalue weighted by Gasteiger charge is 2.27. The van der Waals surface area contributed by atoms with Gasteiger partial charge >= 0.3 is 0 Å². The first-order valence-electron chi connectivity index (χ1n) is 6.00. The first-order chi connectivity index (χ1) is 9.73. The first kappa shape index (κ1) is 18.2. The van der Waals surface area contributed by atoms with Gasteiger partial charge in [-0.2, -0.15) is 4.31 Å². The van der Waals surface area contributed by atoms with Crippen LogP contribution in [0.5, 0.6) is 5.75 Å². The molecule has 7 nitrogen and oxygen atoms in total. The molecule has 0 fully saturated rings. The van der Waals surface area contributed by atoms with Crippen LogP contribution in [0.15, 0.2) is 21.5 Å². The number of aliphatic hydroxyl groups is 1. The van der Waals surface area contributed by atoms with E-state index in [4.69, 9.17) is 15.2 Å². The number of hydrogen-bond donors (Lipinski definition) is 2. The highest BCUT2D eigenvalue weighted by atomic mass is 79.9. The standard InChI is InChI=1S/C12H19BrN2O5S/c1-15(6-8(16)7-19-2)21(17,18)12-5-10(14)9(13)4-11(12)20-3/h4-5,8,16H,6-7,14H2,1-3H3. The summed E-state index contributed by atoms with van der Waals surface area (Å²) in [4.78, 5) is -0.0576. The van der Waals surface area contributed by atoms with Crippen LogP contribution >= 0.6 is 15.9 Å². The van der Waals surface area contributed by atoms with Gasteiger partial charge in [0.25, 0.3) is 0 Å². The van der Waals surface area contributed by atoms with Crippen LogP contribution < -0.4 is 10.5 Å². The summed E-state index contributed by atoms with van der Waals surface area (Å²) >= 11 is 3.22. The molecular weight excluding hydrogens is 364 g/mol. The average Bonchev–Trinajstić information content (AvgIpc) is 2.41. The quantitative estimate of drug-likeness (QED) is 0.671. The molecule has 0 bridgehead atoms. The Morgan fingerprint density at radius 2 is 2.05 bits per heavy atom. The van der Waals surface area contributed by atoms with Crippen molar-refractivity contribution in [2.75, 3.05) is 40.2 Å². The first-order valence-corrected chi connectivity index (χ1v) is 8.23. The Kier molecular flexibility index (Phi) is 6.41. The van der Waals surface area contributed by atoms with Crippen LogP contribution in [0.1, 0.15) is 0 Å². The van der Waals surface area contributed by atoms with Gasteiger partial charge in [-0.1, -0.05) is 0 Å². The number of ether oxygens (including phenoxy) is 2. The zero-order valence-corrected chi connectivity index (χ0v) is 14.4. The molecule has 1 aromatic rings. The topological polar surface area (TPSA) is 102 Å². The monoisotopic (exact) mass is 382 g/mol. The molecule has 0 radical (unpaired) electrons. The van der Waals surface area contributed by atoms with Gasteiger partial charge in [-0.15, -0.1) is 0 Å². The second-order valence-corrected chi connectivity index (χ2v) is 7.29. The van der Waals surface area contributed by atoms with E-state index in [9.17, 15) is 13.5 Å². The molecule has 3 N–H and O–H groups in total. The summed E-state index contributed by atoms with van der Waals surface area (Å²) in [6, 6.07) is 2.80. The fourth-order valence-electron chi connectivity index (χ4n) is 1.72. The fourth-order valence-corrected chi connectivity index (χ4v) is 3.42. The zero-order valence-electron chi connectivity index (χ0n) is 12.0. The van der Waals surface area contributed by atoms with E-state index in [1.54, 1.807) is 0 Å². The maximum atomic E-state index is 12.5. The molecule has 0 spiro atoms. The number of nitrogens with zero attached hydrogens (tertiary/aromatic N) is 1. The second-order valence-electron chi connectivity index (χ2n) is 4.42. The number of halogens is 1. The van der Waals surface area contributed by atoms with Crippen LogP contribution in [-0.2, 0) is 14.8 Å². The molecule has 9 heteroatoms. The summed E-state index contributed by atoms with van der Waals surface area (Å²) in [5.41, 5.74) is 6.01. The molecule has 0 aliphatic carbocycles. The molecule has 0 saturated carbocycles. The number of sulfonamides is 1. The van der Waals surface area contributed by atoms with Gasteiger partial charge in [0.15, 0.2) is 0 Å². The second kappa shape index (κ2) is 7.41. The predicted octanol–water partition coefficient (Wildman–Crippen LogP) is 0.668. The van der Waals surface area contributed by atoms with E-state index in [1.165, 1.54) is 33.4 Å². The minimum Gasteiger partial charge on any atom is -0.495 e. The van der Waals surface area contributed by atoms with Crippen molar-refractivity contribution in [3.05, 3.63) is 16.6 Å². The van der Waals surface area contributed by atoms with Gasteiger partial charge in [-0.25, -0.2) is 8.42 Å². The molecule has 120 valence electrons. The van der Waals surface area contributed by atoms with Crippen molar-refractivity contribution in [2.24, 2.45) is 0 Å². The van der Waals surface area contributed by atoms with Gasteiger partial charge in [0.2, 0.25) is 10.0 Å². The minimum absolute atomic E-state index is 0.0411. The van der Waals surface area contributed by atoms with Crippen LogP contribution in [0.25, 0.3) is 0 Å². The van der Waals surface area contributed by atoms with Gasteiger partial charge < -0.3 is 20.3 Å². The summed E-state index contributed by atoms with van der Waals surface area (Å²) in [7, 11) is 0.323. The largest absolute Gasteiger partial charge is 0.495 e. The van der Waals surface area contributed by atoms with E-state index < -0.39 is 16.1 Å². The van der Waals surface area contributed by atoms with E-state index in [1.807, 2.05) is 0 Å². The lowest BCUT2D eigenvalue weighted by Gasteiger charge is -2.21. The Bertz CT molecular complexity index is 594. The molecule has 1 rings (SSSR count). The lowest BCUT2D eigenvalue weighted by Crippen LogP contribution is -2.36. The summed E-state index contributed by atoms with van der Waals surface area (Å²) in [5.74, 6) is 0.171. The Morgan fingerprint density at radius 3 is 2.57 bits per heavy atom. The molecule has 0 amide bonds. The zero-order chi connectivity index (χ0) is 16.2. The normalized spacial score (nSPS) is 13.4. The van der Waals surface area contributed by atoms with Crippen molar-refractivity contribution >= 4 is 31.6 Å². The molecule has 1 atom stereocenters. The van der Waals surface area contributed by atoms with E-state index in [2.05, 4.69) is 15.9 Å². The van der Waals surface area contributed by atoms with Gasteiger partial charge in [0.05, 0.1) is 19.8 Å². The fraction of sp³-hybridized carbons (Fsp3) is 0.500. The average molecular weight is 383 g/mol. The lowest BCUT2D eigenvalue weighted by atomic mass is 10.3. The summed E-state index contributed by atoms with van der Waals surface area (Å²) in [6.07, 6.45) is -0.923. The molecule has 1 unspecified atom stereocenters. The van der Waals surface area contributed by atoms with E-state index in [-0.39, 0.29) is 29.5 Å². The number of aliphatic hydroxyl groups excluding tert-OH is 1. The van der Waals surface area contributed by atoms with Crippen LogP contribution in [0.3, 0.4) is 0 Å². The Hall–Kier alpha value is -0.870. The number of methoxy groups -OCH3 is 2. The molecule has 0 aromatic heterocycles. The molecule has 0 heterocycles. The van der Waals surface area contributed by atoms with Crippen LogP contribution in [0, 0.1) is 0 Å². The summed E-state index contributed by atoms with van der Waals surface area (Å²) < 4.78 is 36.5. The van der Waals surface area contributed by atoms with Gasteiger partial charge in [0, 0.05) is 30.9 Å². The van der Waals surface area contributed by atoms with E-state index in [0.717, 1.165) is 4.31 Å². The SMILES string of the molecule is COCC(O)CN(C)S(=O)(=O)c1cc(N)c(Br)cc1OC. The van der Waals surface area contributed by atoms with Gasteiger partial charge in [-0.3, -0.25) is 0 Å². The summed E-state index contributed by atoms with van der Waals surface area (Å²) in [6.45, 7) is -0.0607. The smallest absolute Gasteiger partial charge is 0.246 e. The number of rotatable bonds is 7. The highest BCUT2D eigenvalue weighted by molar-refractivity contribution is 9.10. The number of nitrogen functional groups attached to an aromatic ring is 1. The highest BCUT2D eigenvalue weighted by Crippen LogP contribution is 2.33. The van der Waals surface area contributed by atoms with Crippen LogP contribution in [0.2, 0.25) is 0 Å². The van der Waals surface area contributed by atoms with Gasteiger partial charge in [-0.05, 0) is 28.1 Å².